The molecule has 7 heteroatoms. The highest BCUT2D eigenvalue weighted by atomic mass is 16.5. The third kappa shape index (κ3) is 5.44. The van der Waals surface area contributed by atoms with E-state index in [1.165, 1.54) is 6.20 Å². The molecule has 7 nitrogen and oxygen atoms in total. The van der Waals surface area contributed by atoms with Gasteiger partial charge < -0.3 is 20.1 Å². The Bertz CT molecular complexity index is 937. The zero-order valence-corrected chi connectivity index (χ0v) is 16.7. The van der Waals surface area contributed by atoms with Crippen molar-refractivity contribution in [2.75, 3.05) is 25.6 Å². The van der Waals surface area contributed by atoms with Gasteiger partial charge in [-0.25, -0.2) is 9.97 Å². The summed E-state index contributed by atoms with van der Waals surface area (Å²) in [4.78, 5) is 20.7. The monoisotopic (exact) mass is 392 g/mol. The second-order valence-electron chi connectivity index (χ2n) is 6.46. The van der Waals surface area contributed by atoms with E-state index in [-0.39, 0.29) is 11.6 Å². The molecule has 1 amide bonds. The number of carbonyl (C=O) groups excluding carboxylic acids is 1. The number of methoxy groups -OCH3 is 1. The molecule has 0 radical (unpaired) electrons. The first-order valence-electron chi connectivity index (χ1n) is 9.27. The van der Waals surface area contributed by atoms with Gasteiger partial charge in [-0.05, 0) is 49.2 Å². The molecule has 29 heavy (non-hydrogen) atoms. The van der Waals surface area contributed by atoms with Gasteiger partial charge in [-0.2, -0.15) is 0 Å². The summed E-state index contributed by atoms with van der Waals surface area (Å²) in [5.41, 5.74) is 3.48. The quantitative estimate of drug-likeness (QED) is 0.569. The van der Waals surface area contributed by atoms with Crippen molar-refractivity contribution in [1.29, 1.82) is 0 Å². The Labute approximate surface area is 170 Å². The number of benzene rings is 2. The van der Waals surface area contributed by atoms with Crippen molar-refractivity contribution in [3.05, 3.63) is 71.7 Å². The minimum Gasteiger partial charge on any atom is -0.497 e. The molecule has 0 spiro atoms. The van der Waals surface area contributed by atoms with Crippen LogP contribution in [0.3, 0.4) is 0 Å². The fraction of sp³-hybridized carbons (Fsp3) is 0.227. The number of aryl methyl sites for hydroxylation is 2. The van der Waals surface area contributed by atoms with Crippen molar-refractivity contribution in [1.82, 2.24) is 15.3 Å². The lowest BCUT2D eigenvalue weighted by atomic mass is 10.1. The smallest absolute Gasteiger partial charge is 0.271 e. The molecule has 0 saturated carbocycles. The topological polar surface area (TPSA) is 85.4 Å². The number of ether oxygens (including phenoxy) is 2. The summed E-state index contributed by atoms with van der Waals surface area (Å²) in [6, 6.07) is 13.3. The second kappa shape index (κ2) is 9.54. The molecular weight excluding hydrogens is 368 g/mol. The van der Waals surface area contributed by atoms with E-state index in [4.69, 9.17) is 9.47 Å². The van der Waals surface area contributed by atoms with Gasteiger partial charge in [0.1, 0.15) is 29.6 Å². The third-order valence-corrected chi connectivity index (χ3v) is 4.33. The van der Waals surface area contributed by atoms with Crippen molar-refractivity contribution in [2.45, 2.75) is 13.8 Å². The van der Waals surface area contributed by atoms with Crippen LogP contribution in [0.15, 0.2) is 54.9 Å². The highest BCUT2D eigenvalue weighted by Crippen LogP contribution is 2.22. The third-order valence-electron chi connectivity index (χ3n) is 4.33. The fourth-order valence-electron chi connectivity index (χ4n) is 2.75. The largest absolute Gasteiger partial charge is 0.497 e. The number of rotatable bonds is 8. The van der Waals surface area contributed by atoms with E-state index in [2.05, 4.69) is 20.6 Å². The standard InChI is InChI=1S/C22H24N4O3/c1-15-5-4-6-16(2)21(15)26-20-14-24-19(13-25-20)22(27)23-11-12-29-18-9-7-17(28-3)8-10-18/h4-10,13-14H,11-12H2,1-3H3,(H,23,27)(H,25,26). The molecule has 150 valence electrons. The van der Waals surface area contributed by atoms with Gasteiger partial charge in [0.2, 0.25) is 0 Å². The first-order chi connectivity index (χ1) is 14.1. The van der Waals surface area contributed by atoms with Crippen LogP contribution in [0.2, 0.25) is 0 Å². The van der Waals surface area contributed by atoms with Crippen molar-refractivity contribution in [3.63, 3.8) is 0 Å². The molecule has 0 bridgehead atoms. The predicted molar refractivity (Wildman–Crippen MR) is 112 cm³/mol. The highest BCUT2D eigenvalue weighted by Gasteiger charge is 2.09. The van der Waals surface area contributed by atoms with Gasteiger partial charge in [0.25, 0.3) is 5.91 Å². The van der Waals surface area contributed by atoms with E-state index in [1.54, 1.807) is 13.3 Å². The lowest BCUT2D eigenvalue weighted by molar-refractivity contribution is 0.0941. The Morgan fingerprint density at radius 2 is 1.66 bits per heavy atom. The van der Waals surface area contributed by atoms with Gasteiger partial charge in [0.15, 0.2) is 0 Å². The SMILES string of the molecule is COc1ccc(OCCNC(=O)c2cnc(Nc3c(C)cccc3C)cn2)cc1. The Kier molecular flexibility index (Phi) is 6.63. The van der Waals surface area contributed by atoms with E-state index in [0.717, 1.165) is 22.6 Å². The second-order valence-corrected chi connectivity index (χ2v) is 6.46. The first-order valence-corrected chi connectivity index (χ1v) is 9.27. The highest BCUT2D eigenvalue weighted by molar-refractivity contribution is 5.92. The summed E-state index contributed by atoms with van der Waals surface area (Å²) >= 11 is 0. The number of nitrogens with zero attached hydrogens (tertiary/aromatic N) is 2. The van der Waals surface area contributed by atoms with Crippen LogP contribution in [0, 0.1) is 13.8 Å². The van der Waals surface area contributed by atoms with E-state index in [9.17, 15) is 4.79 Å². The minimum absolute atomic E-state index is 0.251. The average Bonchev–Trinajstić information content (AvgIpc) is 2.74. The summed E-state index contributed by atoms with van der Waals surface area (Å²) in [7, 11) is 1.61. The van der Waals surface area contributed by atoms with Gasteiger partial charge in [-0.3, -0.25) is 4.79 Å². The van der Waals surface area contributed by atoms with E-state index < -0.39 is 0 Å². The fourth-order valence-corrected chi connectivity index (χ4v) is 2.75. The van der Waals surface area contributed by atoms with Crippen molar-refractivity contribution >= 4 is 17.4 Å². The number of hydrogen-bond donors (Lipinski definition) is 2. The molecule has 0 unspecified atom stereocenters. The molecule has 0 saturated heterocycles. The molecule has 1 heterocycles. The van der Waals surface area contributed by atoms with Crippen LogP contribution in [0.1, 0.15) is 21.6 Å². The summed E-state index contributed by atoms with van der Waals surface area (Å²) in [5.74, 6) is 1.76. The lowest BCUT2D eigenvalue weighted by Gasteiger charge is -2.12. The lowest BCUT2D eigenvalue weighted by Crippen LogP contribution is -2.28. The Morgan fingerprint density at radius 3 is 2.28 bits per heavy atom. The van der Waals surface area contributed by atoms with E-state index in [0.29, 0.717) is 24.7 Å². The number of carbonyl (C=O) groups is 1. The summed E-state index contributed by atoms with van der Waals surface area (Å²) in [6.07, 6.45) is 3.00. The van der Waals surface area contributed by atoms with Crippen LogP contribution < -0.4 is 20.1 Å². The molecule has 0 atom stereocenters. The Balaban J connectivity index is 1.48. The Hall–Kier alpha value is -3.61. The van der Waals surface area contributed by atoms with Crippen LogP contribution in [0.25, 0.3) is 0 Å². The van der Waals surface area contributed by atoms with Crippen LogP contribution in [0.5, 0.6) is 11.5 Å². The zero-order chi connectivity index (χ0) is 20.6. The maximum Gasteiger partial charge on any atom is 0.271 e. The molecule has 3 aromatic rings. The molecular formula is C22H24N4O3. The molecule has 0 aliphatic rings. The maximum absolute atomic E-state index is 12.2. The molecule has 2 aromatic carbocycles. The zero-order valence-electron chi connectivity index (χ0n) is 16.7. The Morgan fingerprint density at radius 1 is 0.966 bits per heavy atom. The van der Waals surface area contributed by atoms with Crippen molar-refractivity contribution in [3.8, 4) is 11.5 Å². The van der Waals surface area contributed by atoms with Gasteiger partial charge >= 0.3 is 0 Å². The molecule has 0 aliphatic carbocycles. The van der Waals surface area contributed by atoms with Crippen molar-refractivity contribution < 1.29 is 14.3 Å². The minimum atomic E-state index is -0.297. The number of para-hydroxylation sites is 1. The maximum atomic E-state index is 12.2. The first kappa shape index (κ1) is 20.1. The normalized spacial score (nSPS) is 10.3. The van der Waals surface area contributed by atoms with E-state index >= 15 is 0 Å². The molecule has 2 N–H and O–H groups in total. The van der Waals surface area contributed by atoms with Gasteiger partial charge in [0, 0.05) is 5.69 Å². The van der Waals surface area contributed by atoms with Crippen LogP contribution in [-0.2, 0) is 0 Å². The van der Waals surface area contributed by atoms with Crippen LogP contribution in [0.4, 0.5) is 11.5 Å². The summed E-state index contributed by atoms with van der Waals surface area (Å²) < 4.78 is 10.7. The molecule has 1 aromatic heterocycles. The van der Waals surface area contributed by atoms with Gasteiger partial charge in [0.05, 0.1) is 26.0 Å². The molecule has 0 aliphatic heterocycles. The number of anilines is 2. The van der Waals surface area contributed by atoms with Gasteiger partial charge in [-0.15, -0.1) is 0 Å². The van der Waals surface area contributed by atoms with Crippen LogP contribution in [-0.4, -0.2) is 36.1 Å². The number of aromatic nitrogens is 2. The number of hydrogen-bond acceptors (Lipinski definition) is 6. The van der Waals surface area contributed by atoms with Crippen LogP contribution >= 0.6 is 0 Å². The summed E-state index contributed by atoms with van der Waals surface area (Å²) in [6.45, 7) is 4.75. The van der Waals surface area contributed by atoms with Crippen molar-refractivity contribution in [2.24, 2.45) is 0 Å². The predicted octanol–water partition coefficient (Wildman–Crippen LogP) is 3.65. The van der Waals surface area contributed by atoms with E-state index in [1.807, 2.05) is 56.3 Å². The summed E-state index contributed by atoms with van der Waals surface area (Å²) in [5, 5.41) is 6.02. The number of nitrogens with one attached hydrogen (secondary N) is 2. The number of amides is 1. The molecule has 3 rings (SSSR count). The molecule has 0 fully saturated rings. The van der Waals surface area contributed by atoms with Gasteiger partial charge in [-0.1, -0.05) is 18.2 Å². The average molecular weight is 392 g/mol.